The van der Waals surface area contributed by atoms with E-state index in [1.807, 2.05) is 25.1 Å². The van der Waals surface area contributed by atoms with Crippen LogP contribution in [0.25, 0.3) is 10.2 Å². The van der Waals surface area contributed by atoms with E-state index in [0.717, 1.165) is 34.6 Å². The van der Waals surface area contributed by atoms with Gasteiger partial charge in [0.1, 0.15) is 17.0 Å². The van der Waals surface area contributed by atoms with E-state index in [1.54, 1.807) is 13.8 Å². The molecular formula is C20H24N4O2S. The Balaban J connectivity index is 1.81. The summed E-state index contributed by atoms with van der Waals surface area (Å²) in [5.41, 5.74) is 1.43. The molecule has 1 aromatic carbocycles. The van der Waals surface area contributed by atoms with Gasteiger partial charge in [-0.15, -0.1) is 11.3 Å². The van der Waals surface area contributed by atoms with Crippen LogP contribution in [-0.2, 0) is 6.42 Å². The van der Waals surface area contributed by atoms with Gasteiger partial charge in [0.25, 0.3) is 5.91 Å². The Labute approximate surface area is 162 Å². The lowest BCUT2D eigenvalue weighted by atomic mass is 10.1. The van der Waals surface area contributed by atoms with E-state index in [1.165, 1.54) is 23.2 Å². The van der Waals surface area contributed by atoms with Crippen molar-refractivity contribution in [1.29, 1.82) is 0 Å². The number of aliphatic hydroxyl groups excluding tert-OH is 1. The summed E-state index contributed by atoms with van der Waals surface area (Å²) in [7, 11) is 0. The molecule has 0 aliphatic carbocycles. The molecule has 0 bridgehead atoms. The minimum Gasteiger partial charge on any atom is -0.394 e. The zero-order valence-electron chi connectivity index (χ0n) is 15.7. The molecule has 0 aliphatic rings. The lowest BCUT2D eigenvalue weighted by Gasteiger charge is -2.23. The third-order valence-electron chi connectivity index (χ3n) is 4.33. The smallest absolute Gasteiger partial charge is 0.262 e. The Morgan fingerprint density at radius 3 is 2.67 bits per heavy atom. The molecule has 1 amide bonds. The average molecular weight is 385 g/mol. The van der Waals surface area contributed by atoms with Crippen molar-refractivity contribution in [3.63, 3.8) is 0 Å². The molecular weight excluding hydrogens is 360 g/mol. The first-order chi connectivity index (χ1) is 12.9. The Kier molecular flexibility index (Phi) is 5.72. The van der Waals surface area contributed by atoms with Gasteiger partial charge in [-0.05, 0) is 38.3 Å². The average Bonchev–Trinajstić information content (AvgIpc) is 3.00. The molecule has 0 aliphatic heterocycles. The number of nitrogens with one attached hydrogen (secondary N) is 2. The van der Waals surface area contributed by atoms with E-state index >= 15 is 0 Å². The molecule has 3 N–H and O–H groups in total. The number of aromatic nitrogens is 2. The molecule has 3 aromatic rings. The van der Waals surface area contributed by atoms with E-state index in [-0.39, 0.29) is 12.5 Å². The van der Waals surface area contributed by atoms with Crippen LogP contribution in [0.2, 0.25) is 0 Å². The summed E-state index contributed by atoms with van der Waals surface area (Å²) in [5.74, 6) is 0.537. The highest BCUT2D eigenvalue weighted by Crippen LogP contribution is 2.33. The van der Waals surface area contributed by atoms with Gasteiger partial charge in [0.15, 0.2) is 0 Å². The van der Waals surface area contributed by atoms with E-state index in [0.29, 0.717) is 4.88 Å². The third-order valence-corrected chi connectivity index (χ3v) is 5.53. The van der Waals surface area contributed by atoms with Crippen molar-refractivity contribution in [2.45, 2.75) is 32.7 Å². The Hall–Kier alpha value is -2.51. The SMILES string of the molecule is Cc1c(C(=O)NC(C)(C)CO)sc2ncnc(NCCc3ccccc3)c12. The van der Waals surface area contributed by atoms with E-state index in [2.05, 4.69) is 32.7 Å². The monoisotopic (exact) mass is 384 g/mol. The topological polar surface area (TPSA) is 87.1 Å². The summed E-state index contributed by atoms with van der Waals surface area (Å²) in [4.78, 5) is 22.7. The van der Waals surface area contributed by atoms with Crippen molar-refractivity contribution in [3.8, 4) is 0 Å². The highest BCUT2D eigenvalue weighted by molar-refractivity contribution is 7.20. The van der Waals surface area contributed by atoms with Crippen LogP contribution in [0.4, 0.5) is 5.82 Å². The maximum Gasteiger partial charge on any atom is 0.262 e. The van der Waals surface area contributed by atoms with E-state index in [4.69, 9.17) is 0 Å². The second kappa shape index (κ2) is 8.02. The number of hydrogen-bond acceptors (Lipinski definition) is 6. The largest absolute Gasteiger partial charge is 0.394 e. The lowest BCUT2D eigenvalue weighted by molar-refractivity contribution is 0.0873. The van der Waals surface area contributed by atoms with Gasteiger partial charge in [0.05, 0.1) is 22.4 Å². The zero-order chi connectivity index (χ0) is 19.4. The van der Waals surface area contributed by atoms with Crippen LogP contribution in [0.15, 0.2) is 36.7 Å². The number of nitrogens with zero attached hydrogens (tertiary/aromatic N) is 2. The van der Waals surface area contributed by atoms with Crippen LogP contribution >= 0.6 is 11.3 Å². The maximum atomic E-state index is 12.6. The maximum absolute atomic E-state index is 12.6. The number of thiophene rings is 1. The van der Waals surface area contributed by atoms with Gasteiger partial charge in [-0.2, -0.15) is 0 Å². The van der Waals surface area contributed by atoms with Gasteiger partial charge >= 0.3 is 0 Å². The summed E-state index contributed by atoms with van der Waals surface area (Å²) in [5, 5.41) is 16.5. The number of hydrogen-bond donors (Lipinski definition) is 3. The van der Waals surface area contributed by atoms with Crippen molar-refractivity contribution < 1.29 is 9.90 Å². The highest BCUT2D eigenvalue weighted by atomic mass is 32.1. The minimum absolute atomic E-state index is 0.130. The van der Waals surface area contributed by atoms with Crippen molar-refractivity contribution in [2.24, 2.45) is 0 Å². The van der Waals surface area contributed by atoms with Gasteiger partial charge in [0, 0.05) is 6.54 Å². The number of fused-ring (bicyclic) bond motifs is 1. The molecule has 0 fully saturated rings. The number of aliphatic hydroxyl groups is 1. The van der Waals surface area contributed by atoms with Crippen molar-refractivity contribution in [1.82, 2.24) is 15.3 Å². The number of carbonyl (C=O) groups is 1. The molecule has 142 valence electrons. The Morgan fingerprint density at radius 2 is 1.96 bits per heavy atom. The third kappa shape index (κ3) is 4.43. The zero-order valence-corrected chi connectivity index (χ0v) is 16.6. The van der Waals surface area contributed by atoms with Gasteiger partial charge in [-0.1, -0.05) is 30.3 Å². The number of rotatable bonds is 7. The highest BCUT2D eigenvalue weighted by Gasteiger charge is 2.24. The van der Waals surface area contributed by atoms with Crippen LogP contribution in [-0.4, -0.2) is 39.7 Å². The molecule has 0 spiro atoms. The number of anilines is 1. The number of amides is 1. The number of carbonyl (C=O) groups excluding carboxylic acids is 1. The predicted molar refractivity (Wildman–Crippen MR) is 109 cm³/mol. The van der Waals surface area contributed by atoms with Crippen LogP contribution in [0.3, 0.4) is 0 Å². The molecule has 0 unspecified atom stereocenters. The fourth-order valence-corrected chi connectivity index (χ4v) is 3.84. The number of benzene rings is 1. The Bertz CT molecular complexity index is 938. The predicted octanol–water partition coefficient (Wildman–Crippen LogP) is 3.16. The summed E-state index contributed by atoms with van der Waals surface area (Å²) < 4.78 is 0. The van der Waals surface area contributed by atoms with Gasteiger partial charge in [-0.3, -0.25) is 4.79 Å². The van der Waals surface area contributed by atoms with Crippen LogP contribution in [0.5, 0.6) is 0 Å². The molecule has 3 rings (SSSR count). The van der Waals surface area contributed by atoms with Crippen LogP contribution < -0.4 is 10.6 Å². The van der Waals surface area contributed by atoms with Crippen LogP contribution in [0.1, 0.15) is 34.6 Å². The van der Waals surface area contributed by atoms with Crippen molar-refractivity contribution in [2.75, 3.05) is 18.5 Å². The van der Waals surface area contributed by atoms with E-state index < -0.39 is 5.54 Å². The molecule has 7 heteroatoms. The first kappa shape index (κ1) is 19.3. The van der Waals surface area contributed by atoms with Gasteiger partial charge < -0.3 is 15.7 Å². The molecule has 0 saturated carbocycles. The van der Waals surface area contributed by atoms with Crippen molar-refractivity contribution >= 4 is 33.3 Å². The lowest BCUT2D eigenvalue weighted by Crippen LogP contribution is -2.46. The molecule has 0 saturated heterocycles. The molecule has 0 radical (unpaired) electrons. The molecule has 6 nitrogen and oxygen atoms in total. The summed E-state index contributed by atoms with van der Waals surface area (Å²) in [6.07, 6.45) is 2.40. The van der Waals surface area contributed by atoms with Gasteiger partial charge in [0.2, 0.25) is 0 Å². The standard InChI is InChI=1S/C20H24N4O2S/c1-13-15-17(21-10-9-14-7-5-4-6-8-14)22-12-23-19(15)27-16(13)18(26)24-20(2,3)11-25/h4-8,12,25H,9-11H2,1-3H3,(H,24,26)(H,21,22,23). The second-order valence-electron chi connectivity index (χ2n) is 7.12. The molecule has 27 heavy (non-hydrogen) atoms. The first-order valence-corrected chi connectivity index (χ1v) is 9.68. The number of aryl methyl sites for hydroxylation is 1. The minimum atomic E-state index is -0.678. The van der Waals surface area contributed by atoms with Crippen molar-refractivity contribution in [3.05, 3.63) is 52.7 Å². The van der Waals surface area contributed by atoms with E-state index in [9.17, 15) is 9.90 Å². The first-order valence-electron chi connectivity index (χ1n) is 8.86. The fourth-order valence-electron chi connectivity index (χ4n) is 2.80. The van der Waals surface area contributed by atoms with Gasteiger partial charge in [-0.25, -0.2) is 9.97 Å². The second-order valence-corrected chi connectivity index (χ2v) is 8.12. The molecule has 2 aromatic heterocycles. The normalized spacial score (nSPS) is 11.6. The molecule has 0 atom stereocenters. The summed E-state index contributed by atoms with van der Waals surface area (Å²) in [6, 6.07) is 10.3. The fraction of sp³-hybridized carbons (Fsp3) is 0.350. The van der Waals surface area contributed by atoms with Crippen LogP contribution in [0, 0.1) is 6.92 Å². The quantitative estimate of drug-likeness (QED) is 0.582. The molecule has 2 heterocycles. The Morgan fingerprint density at radius 1 is 1.22 bits per heavy atom. The summed E-state index contributed by atoms with van der Waals surface area (Å²) >= 11 is 1.34. The summed E-state index contributed by atoms with van der Waals surface area (Å²) in [6.45, 7) is 6.08.